The molecule has 9 heteroatoms. The molecule has 0 aliphatic carbocycles. The summed E-state index contributed by atoms with van der Waals surface area (Å²) < 4.78 is 23.3. The summed E-state index contributed by atoms with van der Waals surface area (Å²) in [6.07, 6.45) is -0.327. The standard InChI is InChI=1S/C12H21N3O5S/c16-11(8-14-3-1-13-2-4-14)15-5-6-21(19,20)9-10(15)7-12(17)18/h10,13H,1-9H2,(H,17,18). The maximum atomic E-state index is 12.3. The predicted molar refractivity (Wildman–Crippen MR) is 75.7 cm³/mol. The Morgan fingerprint density at radius 3 is 2.48 bits per heavy atom. The van der Waals surface area contributed by atoms with Crippen LogP contribution < -0.4 is 5.32 Å². The minimum atomic E-state index is -3.26. The molecule has 2 aliphatic heterocycles. The average Bonchev–Trinajstić information content (AvgIpc) is 2.38. The maximum Gasteiger partial charge on any atom is 0.305 e. The monoisotopic (exact) mass is 319 g/mol. The Morgan fingerprint density at radius 2 is 1.86 bits per heavy atom. The summed E-state index contributed by atoms with van der Waals surface area (Å²) in [7, 11) is -3.26. The zero-order valence-corrected chi connectivity index (χ0v) is 12.6. The van der Waals surface area contributed by atoms with Crippen molar-refractivity contribution in [2.24, 2.45) is 0 Å². The molecule has 0 aromatic carbocycles. The van der Waals surface area contributed by atoms with Gasteiger partial charge in [0.1, 0.15) is 0 Å². The highest BCUT2D eigenvalue weighted by atomic mass is 32.2. The van der Waals surface area contributed by atoms with Crippen molar-refractivity contribution in [3.8, 4) is 0 Å². The van der Waals surface area contributed by atoms with Crippen molar-refractivity contribution in [2.75, 3.05) is 50.8 Å². The smallest absolute Gasteiger partial charge is 0.305 e. The largest absolute Gasteiger partial charge is 0.481 e. The van der Waals surface area contributed by atoms with E-state index in [9.17, 15) is 18.0 Å². The van der Waals surface area contributed by atoms with Gasteiger partial charge in [-0.05, 0) is 0 Å². The minimum absolute atomic E-state index is 0.0869. The van der Waals surface area contributed by atoms with Crippen molar-refractivity contribution < 1.29 is 23.1 Å². The molecule has 120 valence electrons. The van der Waals surface area contributed by atoms with Crippen LogP contribution in [-0.4, -0.2) is 92.0 Å². The van der Waals surface area contributed by atoms with E-state index in [-0.39, 0.29) is 36.9 Å². The molecule has 0 radical (unpaired) electrons. The van der Waals surface area contributed by atoms with E-state index in [0.717, 1.165) is 26.2 Å². The minimum Gasteiger partial charge on any atom is -0.481 e. The fourth-order valence-electron chi connectivity index (χ4n) is 2.74. The molecule has 2 rings (SSSR count). The number of hydrogen-bond acceptors (Lipinski definition) is 6. The van der Waals surface area contributed by atoms with Gasteiger partial charge in [0, 0.05) is 32.7 Å². The number of carbonyl (C=O) groups excluding carboxylic acids is 1. The number of hydrogen-bond donors (Lipinski definition) is 2. The van der Waals surface area contributed by atoms with Gasteiger partial charge < -0.3 is 15.3 Å². The Hall–Kier alpha value is -1.19. The van der Waals surface area contributed by atoms with Crippen molar-refractivity contribution in [2.45, 2.75) is 12.5 Å². The van der Waals surface area contributed by atoms with Gasteiger partial charge in [-0.2, -0.15) is 0 Å². The number of piperazine rings is 1. The molecule has 8 nitrogen and oxygen atoms in total. The molecule has 0 aromatic rings. The second kappa shape index (κ2) is 6.71. The van der Waals surface area contributed by atoms with Crippen LogP contribution in [0.2, 0.25) is 0 Å². The van der Waals surface area contributed by atoms with E-state index < -0.39 is 21.8 Å². The molecule has 2 saturated heterocycles. The zero-order valence-electron chi connectivity index (χ0n) is 11.8. The fourth-order valence-corrected chi connectivity index (χ4v) is 4.26. The molecular weight excluding hydrogens is 298 g/mol. The topological polar surface area (TPSA) is 107 Å². The molecular formula is C12H21N3O5S. The van der Waals surface area contributed by atoms with E-state index in [1.807, 2.05) is 4.90 Å². The molecule has 0 spiro atoms. The first-order chi connectivity index (χ1) is 9.87. The van der Waals surface area contributed by atoms with Crippen LogP contribution in [0.5, 0.6) is 0 Å². The SMILES string of the molecule is O=C(O)CC1CS(=O)(=O)CCN1C(=O)CN1CCNCC1. The third-order valence-corrected chi connectivity index (χ3v) is 5.53. The van der Waals surface area contributed by atoms with Crippen molar-refractivity contribution in [3.05, 3.63) is 0 Å². The van der Waals surface area contributed by atoms with Gasteiger partial charge in [0.05, 0.1) is 30.5 Å². The summed E-state index contributed by atoms with van der Waals surface area (Å²) in [5.41, 5.74) is 0. The van der Waals surface area contributed by atoms with Gasteiger partial charge in [-0.15, -0.1) is 0 Å². The highest BCUT2D eigenvalue weighted by molar-refractivity contribution is 7.91. The van der Waals surface area contributed by atoms with Crippen molar-refractivity contribution >= 4 is 21.7 Å². The molecule has 2 fully saturated rings. The number of amides is 1. The van der Waals surface area contributed by atoms with Crippen molar-refractivity contribution in [1.82, 2.24) is 15.1 Å². The van der Waals surface area contributed by atoms with Crippen LogP contribution in [-0.2, 0) is 19.4 Å². The molecule has 1 atom stereocenters. The second-order valence-electron chi connectivity index (χ2n) is 5.48. The molecule has 2 aliphatic rings. The molecule has 0 bridgehead atoms. The number of carboxylic acid groups (broad SMARTS) is 1. The van der Waals surface area contributed by atoms with Gasteiger partial charge in [0.2, 0.25) is 5.91 Å². The number of rotatable bonds is 4. The van der Waals surface area contributed by atoms with Crippen LogP contribution in [0.4, 0.5) is 0 Å². The highest BCUT2D eigenvalue weighted by Crippen LogP contribution is 2.16. The predicted octanol–water partition coefficient (Wildman–Crippen LogP) is -2.01. The molecule has 1 amide bonds. The Labute approximate surface area is 124 Å². The van der Waals surface area contributed by atoms with E-state index in [1.54, 1.807) is 0 Å². The lowest BCUT2D eigenvalue weighted by Crippen LogP contribution is -2.55. The van der Waals surface area contributed by atoms with E-state index in [0.29, 0.717) is 0 Å². The zero-order chi connectivity index (χ0) is 15.5. The van der Waals surface area contributed by atoms with Gasteiger partial charge in [-0.3, -0.25) is 14.5 Å². The lowest BCUT2D eigenvalue weighted by Gasteiger charge is -2.36. The van der Waals surface area contributed by atoms with Gasteiger partial charge >= 0.3 is 5.97 Å². The first kappa shape index (κ1) is 16.2. The van der Waals surface area contributed by atoms with Crippen LogP contribution in [0, 0.1) is 0 Å². The Kier molecular flexibility index (Phi) is 5.17. The van der Waals surface area contributed by atoms with Gasteiger partial charge in [-0.25, -0.2) is 8.42 Å². The number of carboxylic acids is 1. The Bertz CT molecular complexity index is 501. The van der Waals surface area contributed by atoms with E-state index in [4.69, 9.17) is 5.11 Å². The van der Waals surface area contributed by atoms with Crippen LogP contribution in [0.25, 0.3) is 0 Å². The summed E-state index contributed by atoms with van der Waals surface area (Å²) in [6.45, 7) is 3.48. The van der Waals surface area contributed by atoms with Crippen molar-refractivity contribution in [3.63, 3.8) is 0 Å². The van der Waals surface area contributed by atoms with Crippen molar-refractivity contribution in [1.29, 1.82) is 0 Å². The Balaban J connectivity index is 2.00. The molecule has 21 heavy (non-hydrogen) atoms. The van der Waals surface area contributed by atoms with E-state index in [1.165, 1.54) is 4.90 Å². The van der Waals surface area contributed by atoms with Crippen LogP contribution >= 0.6 is 0 Å². The summed E-state index contributed by atoms with van der Waals surface area (Å²) in [4.78, 5) is 26.7. The summed E-state index contributed by atoms with van der Waals surface area (Å²) in [5, 5.41) is 12.1. The number of sulfone groups is 1. The third kappa shape index (κ3) is 4.65. The first-order valence-corrected chi connectivity index (χ1v) is 8.84. The molecule has 0 aromatic heterocycles. The molecule has 2 heterocycles. The quantitative estimate of drug-likeness (QED) is 0.616. The summed E-state index contributed by atoms with van der Waals surface area (Å²) >= 11 is 0. The van der Waals surface area contributed by atoms with Crippen LogP contribution in [0.1, 0.15) is 6.42 Å². The molecule has 0 saturated carbocycles. The van der Waals surface area contributed by atoms with Gasteiger partial charge in [0.25, 0.3) is 0 Å². The molecule has 1 unspecified atom stereocenters. The third-order valence-electron chi connectivity index (χ3n) is 3.83. The van der Waals surface area contributed by atoms with Gasteiger partial charge in [0.15, 0.2) is 9.84 Å². The lowest BCUT2D eigenvalue weighted by atomic mass is 10.2. The summed E-state index contributed by atoms with van der Waals surface area (Å²) in [5.74, 6) is -1.61. The summed E-state index contributed by atoms with van der Waals surface area (Å²) in [6, 6.07) is -0.753. The second-order valence-corrected chi connectivity index (χ2v) is 7.71. The lowest BCUT2D eigenvalue weighted by molar-refractivity contribution is -0.140. The first-order valence-electron chi connectivity index (χ1n) is 7.02. The van der Waals surface area contributed by atoms with E-state index >= 15 is 0 Å². The maximum absolute atomic E-state index is 12.3. The van der Waals surface area contributed by atoms with Crippen LogP contribution in [0.3, 0.4) is 0 Å². The number of nitrogens with one attached hydrogen (secondary N) is 1. The van der Waals surface area contributed by atoms with E-state index in [2.05, 4.69) is 5.32 Å². The number of nitrogens with zero attached hydrogens (tertiary/aromatic N) is 2. The fraction of sp³-hybridized carbons (Fsp3) is 0.833. The van der Waals surface area contributed by atoms with Gasteiger partial charge in [-0.1, -0.05) is 0 Å². The Morgan fingerprint density at radius 1 is 1.19 bits per heavy atom. The molecule has 2 N–H and O–H groups in total. The van der Waals surface area contributed by atoms with Crippen LogP contribution in [0.15, 0.2) is 0 Å². The number of carbonyl (C=O) groups is 2. The highest BCUT2D eigenvalue weighted by Gasteiger charge is 2.35. The average molecular weight is 319 g/mol. The normalized spacial score (nSPS) is 26.5. The number of aliphatic carboxylic acids is 1.